The lowest BCUT2D eigenvalue weighted by Crippen LogP contribution is -1.76. The van der Waals surface area contributed by atoms with Gasteiger partial charge in [-0.05, 0) is 6.92 Å². The van der Waals surface area contributed by atoms with E-state index in [0.717, 1.165) is 0 Å². The number of hydrogen-bond acceptors (Lipinski definition) is 3. The summed E-state index contributed by atoms with van der Waals surface area (Å²) < 4.78 is 0. The average molecular weight is 124 g/mol. The number of rotatable bonds is 1. The van der Waals surface area contributed by atoms with Gasteiger partial charge in [-0.1, -0.05) is 0 Å². The van der Waals surface area contributed by atoms with Crippen LogP contribution in [0, 0.1) is 0 Å². The van der Waals surface area contributed by atoms with Crippen molar-refractivity contribution in [2.24, 2.45) is 0 Å². The van der Waals surface area contributed by atoms with Gasteiger partial charge in [0.05, 0.1) is 6.61 Å². The summed E-state index contributed by atoms with van der Waals surface area (Å²) in [5.74, 6) is 0.569. The Morgan fingerprint density at radius 1 is 1.43 bits per heavy atom. The molecule has 2 N–H and O–H groups in total. The van der Waals surface area contributed by atoms with Crippen LogP contribution in [0.5, 0.6) is 0 Å². The van der Waals surface area contributed by atoms with Gasteiger partial charge in [-0.2, -0.15) is 12.6 Å². The molecule has 46 valence electrons. The van der Waals surface area contributed by atoms with Crippen molar-refractivity contribution < 1.29 is 10.2 Å². The van der Waals surface area contributed by atoms with E-state index < -0.39 is 0 Å². The molecular weight excluding hydrogens is 112 g/mol. The minimum absolute atomic E-state index is 0.184. The molecule has 0 aromatic carbocycles. The van der Waals surface area contributed by atoms with Crippen LogP contribution in [-0.4, -0.2) is 29.2 Å². The highest BCUT2D eigenvalue weighted by molar-refractivity contribution is 7.80. The quantitative estimate of drug-likeness (QED) is 0.427. The second-order valence-corrected chi connectivity index (χ2v) is 1.21. The fraction of sp³-hybridized carbons (Fsp3) is 1.00. The predicted octanol–water partition coefficient (Wildman–Crippen LogP) is -0.0929. The molecular formula is C4H12O2S. The average Bonchev–Trinajstić information content (AvgIpc) is 1.69. The third-order valence-corrected chi connectivity index (χ3v) is 0.300. The van der Waals surface area contributed by atoms with E-state index in [0.29, 0.717) is 5.75 Å². The number of hydrogen-bond donors (Lipinski definition) is 3. The molecule has 0 heterocycles. The van der Waals surface area contributed by atoms with Gasteiger partial charge in [-0.25, -0.2) is 0 Å². The second kappa shape index (κ2) is 16.3. The lowest BCUT2D eigenvalue weighted by Gasteiger charge is -1.69. The normalized spacial score (nSPS) is 6.86. The molecule has 0 atom stereocenters. The molecule has 0 aliphatic heterocycles. The fourth-order valence-corrected chi connectivity index (χ4v) is 0. The van der Waals surface area contributed by atoms with Gasteiger partial charge in [0.1, 0.15) is 0 Å². The van der Waals surface area contributed by atoms with Gasteiger partial charge in [0.2, 0.25) is 0 Å². The van der Waals surface area contributed by atoms with Gasteiger partial charge < -0.3 is 10.2 Å². The first kappa shape index (κ1) is 10.3. The Hall–Kier alpha value is 0.270. The van der Waals surface area contributed by atoms with Crippen molar-refractivity contribution in [2.75, 3.05) is 19.0 Å². The first-order valence-electron chi connectivity index (χ1n) is 2.16. The molecule has 3 heteroatoms. The van der Waals surface area contributed by atoms with Crippen LogP contribution >= 0.6 is 12.6 Å². The predicted molar refractivity (Wildman–Crippen MR) is 33.7 cm³/mol. The Kier molecular flexibility index (Phi) is 23.9. The maximum absolute atomic E-state index is 7.80. The third kappa shape index (κ3) is 70.9. The van der Waals surface area contributed by atoms with E-state index in [1.54, 1.807) is 6.92 Å². The summed E-state index contributed by atoms with van der Waals surface area (Å²) in [6.07, 6.45) is 0. The number of aliphatic hydroxyl groups excluding tert-OH is 2. The van der Waals surface area contributed by atoms with Crippen molar-refractivity contribution >= 4 is 12.6 Å². The van der Waals surface area contributed by atoms with E-state index in [9.17, 15) is 0 Å². The van der Waals surface area contributed by atoms with Gasteiger partial charge >= 0.3 is 0 Å². The van der Waals surface area contributed by atoms with E-state index in [1.807, 2.05) is 0 Å². The molecule has 0 rings (SSSR count). The fourth-order valence-electron chi connectivity index (χ4n) is 0. The highest BCUT2D eigenvalue weighted by Crippen LogP contribution is 1.61. The number of thiol groups is 1. The first-order chi connectivity index (χ1) is 3.33. The smallest absolute Gasteiger partial charge is 0.0519 e. The Morgan fingerprint density at radius 3 is 1.57 bits per heavy atom. The highest BCUT2D eigenvalue weighted by atomic mass is 32.1. The Balaban J connectivity index is 0. The van der Waals surface area contributed by atoms with Crippen molar-refractivity contribution in [3.05, 3.63) is 0 Å². The van der Waals surface area contributed by atoms with E-state index in [2.05, 4.69) is 12.6 Å². The summed E-state index contributed by atoms with van der Waals surface area (Å²) in [5.41, 5.74) is 0. The minimum atomic E-state index is 0.184. The van der Waals surface area contributed by atoms with Crippen molar-refractivity contribution in [2.45, 2.75) is 6.92 Å². The molecule has 0 saturated carbocycles. The molecule has 0 amide bonds. The summed E-state index contributed by atoms with van der Waals surface area (Å²) in [7, 11) is 0. The van der Waals surface area contributed by atoms with Crippen LogP contribution in [0.4, 0.5) is 0 Å². The molecule has 0 bridgehead atoms. The first-order valence-corrected chi connectivity index (χ1v) is 2.79. The third-order valence-electron chi connectivity index (χ3n) is 0.1000. The van der Waals surface area contributed by atoms with Crippen LogP contribution in [0.3, 0.4) is 0 Å². The Bertz CT molecular complexity index is 17.2. The van der Waals surface area contributed by atoms with Crippen molar-refractivity contribution in [3.63, 3.8) is 0 Å². The molecule has 0 aromatic heterocycles. The molecule has 0 radical (unpaired) electrons. The molecule has 0 unspecified atom stereocenters. The zero-order chi connectivity index (χ0) is 6.12. The van der Waals surface area contributed by atoms with Crippen molar-refractivity contribution in [3.8, 4) is 0 Å². The van der Waals surface area contributed by atoms with E-state index in [1.165, 1.54) is 0 Å². The van der Waals surface area contributed by atoms with Gasteiger partial charge in [0, 0.05) is 12.4 Å². The second-order valence-electron chi connectivity index (χ2n) is 0.763. The lowest BCUT2D eigenvalue weighted by molar-refractivity contribution is 0.318. The molecule has 7 heavy (non-hydrogen) atoms. The molecule has 2 nitrogen and oxygen atoms in total. The SMILES string of the molecule is CCO.OCCS. The van der Waals surface area contributed by atoms with Gasteiger partial charge in [0.15, 0.2) is 0 Å². The molecule has 0 aliphatic carbocycles. The topological polar surface area (TPSA) is 40.5 Å². The monoisotopic (exact) mass is 124 g/mol. The van der Waals surface area contributed by atoms with E-state index in [-0.39, 0.29) is 13.2 Å². The molecule has 0 spiro atoms. The van der Waals surface area contributed by atoms with E-state index >= 15 is 0 Å². The summed E-state index contributed by atoms with van der Waals surface area (Å²) in [5, 5.41) is 15.4. The zero-order valence-electron chi connectivity index (χ0n) is 4.46. The zero-order valence-corrected chi connectivity index (χ0v) is 5.36. The molecule has 0 aliphatic rings. The van der Waals surface area contributed by atoms with Crippen molar-refractivity contribution in [1.82, 2.24) is 0 Å². The van der Waals surface area contributed by atoms with Gasteiger partial charge in [-0.3, -0.25) is 0 Å². The van der Waals surface area contributed by atoms with Crippen LogP contribution < -0.4 is 0 Å². The van der Waals surface area contributed by atoms with Crippen LogP contribution in [0.1, 0.15) is 6.92 Å². The van der Waals surface area contributed by atoms with Crippen LogP contribution in [0.15, 0.2) is 0 Å². The maximum Gasteiger partial charge on any atom is 0.0519 e. The Morgan fingerprint density at radius 2 is 1.57 bits per heavy atom. The summed E-state index contributed by atoms with van der Waals surface area (Å²) >= 11 is 3.67. The van der Waals surface area contributed by atoms with E-state index in [4.69, 9.17) is 10.2 Å². The van der Waals surface area contributed by atoms with Crippen molar-refractivity contribution in [1.29, 1.82) is 0 Å². The summed E-state index contributed by atoms with van der Waals surface area (Å²) in [4.78, 5) is 0. The standard InChI is InChI=1S/C2H6OS.C2H6O/c3-1-2-4;1-2-3/h3-4H,1-2H2;3H,2H2,1H3. The molecule has 0 aromatic rings. The van der Waals surface area contributed by atoms with Gasteiger partial charge in [0.25, 0.3) is 0 Å². The molecule has 0 fully saturated rings. The van der Waals surface area contributed by atoms with Crippen LogP contribution in [0.2, 0.25) is 0 Å². The number of aliphatic hydroxyl groups is 2. The van der Waals surface area contributed by atoms with Crippen LogP contribution in [0.25, 0.3) is 0 Å². The summed E-state index contributed by atoms with van der Waals surface area (Å²) in [6, 6.07) is 0. The summed E-state index contributed by atoms with van der Waals surface area (Å²) in [6.45, 7) is 2.11. The highest BCUT2D eigenvalue weighted by Gasteiger charge is 1.57. The van der Waals surface area contributed by atoms with Gasteiger partial charge in [-0.15, -0.1) is 0 Å². The maximum atomic E-state index is 7.80. The Labute approximate surface area is 49.6 Å². The van der Waals surface area contributed by atoms with Crippen LogP contribution in [-0.2, 0) is 0 Å². The lowest BCUT2D eigenvalue weighted by atomic mass is 10.9. The largest absolute Gasteiger partial charge is 0.397 e. The molecule has 0 saturated heterocycles. The minimum Gasteiger partial charge on any atom is -0.397 e.